The average Bonchev–Trinajstić information content (AvgIpc) is 3.01. The maximum absolute atomic E-state index is 12.6. The Labute approximate surface area is 172 Å². The van der Waals surface area contributed by atoms with E-state index in [2.05, 4.69) is 20.2 Å². The number of halogens is 2. The van der Waals surface area contributed by atoms with Gasteiger partial charge in [-0.15, -0.1) is 10.2 Å². The molecule has 0 saturated heterocycles. The Morgan fingerprint density at radius 1 is 1.11 bits per heavy atom. The first-order chi connectivity index (χ1) is 12.5. The molecule has 0 aliphatic heterocycles. The normalized spacial score (nSPS) is 12.2. The third-order valence-electron chi connectivity index (χ3n) is 3.76. The number of sulfonamides is 1. The molecular formula is C16H20Cl2N4O3S2. The first-order valence-electron chi connectivity index (χ1n) is 8.13. The summed E-state index contributed by atoms with van der Waals surface area (Å²) >= 11 is 12.6. The fourth-order valence-corrected chi connectivity index (χ4v) is 5.42. The quantitative estimate of drug-likeness (QED) is 0.619. The molecule has 2 N–H and O–H groups in total. The molecule has 1 amide bonds. The molecule has 1 aromatic carbocycles. The Bertz CT molecular complexity index is 921. The smallest absolute Gasteiger partial charge is 0.270 e. The Morgan fingerprint density at radius 2 is 1.74 bits per heavy atom. The van der Waals surface area contributed by atoms with Crippen molar-refractivity contribution in [2.24, 2.45) is 11.8 Å². The number of amides is 1. The van der Waals surface area contributed by atoms with Gasteiger partial charge in [-0.25, -0.2) is 13.1 Å². The van der Waals surface area contributed by atoms with Crippen molar-refractivity contribution in [3.8, 4) is 0 Å². The summed E-state index contributed by atoms with van der Waals surface area (Å²) in [5.41, 5.74) is 0.193. The van der Waals surface area contributed by atoms with Crippen LogP contribution in [0.25, 0.3) is 0 Å². The lowest BCUT2D eigenvalue weighted by Gasteiger charge is -2.24. The number of anilines is 1. The fraction of sp³-hybridized carbons (Fsp3) is 0.438. The molecule has 0 radical (unpaired) electrons. The van der Waals surface area contributed by atoms with Crippen LogP contribution in [0.5, 0.6) is 0 Å². The van der Waals surface area contributed by atoms with Gasteiger partial charge >= 0.3 is 0 Å². The summed E-state index contributed by atoms with van der Waals surface area (Å²) in [5.74, 6) is -0.315. The third kappa shape index (κ3) is 5.61. The molecule has 0 aliphatic carbocycles. The largest absolute Gasteiger partial charge is 0.296 e. The number of hydrogen-bond acceptors (Lipinski definition) is 6. The predicted octanol–water partition coefficient (Wildman–Crippen LogP) is 4.06. The number of benzene rings is 1. The van der Waals surface area contributed by atoms with Crippen LogP contribution in [0.15, 0.2) is 22.5 Å². The highest BCUT2D eigenvalue weighted by Crippen LogP contribution is 2.25. The summed E-state index contributed by atoms with van der Waals surface area (Å²) in [7, 11) is -3.84. The molecule has 0 atom stereocenters. The first-order valence-corrected chi connectivity index (χ1v) is 11.2. The summed E-state index contributed by atoms with van der Waals surface area (Å²) in [6.45, 7) is 7.76. The van der Waals surface area contributed by atoms with Crippen molar-refractivity contribution in [3.63, 3.8) is 0 Å². The lowest BCUT2D eigenvalue weighted by atomic mass is 9.94. The van der Waals surface area contributed by atoms with E-state index in [1.807, 2.05) is 27.7 Å². The maximum Gasteiger partial charge on any atom is 0.270 e. The number of carbonyl (C=O) groups is 1. The Balaban J connectivity index is 2.17. The molecule has 0 saturated carbocycles. The van der Waals surface area contributed by atoms with E-state index in [0.717, 1.165) is 11.3 Å². The number of carbonyl (C=O) groups excluding carboxylic acids is 1. The first kappa shape index (κ1) is 22.0. The molecule has 1 aromatic heterocycles. The van der Waals surface area contributed by atoms with Crippen LogP contribution in [-0.2, 0) is 10.0 Å². The van der Waals surface area contributed by atoms with E-state index < -0.39 is 15.9 Å². The van der Waals surface area contributed by atoms with E-state index >= 15 is 0 Å². The van der Waals surface area contributed by atoms with Gasteiger partial charge in [-0.05, 0) is 30.0 Å². The second-order valence-corrected chi connectivity index (χ2v) is 10.3. The van der Waals surface area contributed by atoms with E-state index in [1.165, 1.54) is 18.2 Å². The highest BCUT2D eigenvalue weighted by atomic mass is 35.5. The third-order valence-corrected chi connectivity index (χ3v) is 6.97. The van der Waals surface area contributed by atoms with Crippen LogP contribution in [0.2, 0.25) is 10.0 Å². The van der Waals surface area contributed by atoms with Crippen molar-refractivity contribution < 1.29 is 13.2 Å². The van der Waals surface area contributed by atoms with Crippen molar-refractivity contribution in [2.45, 2.75) is 38.1 Å². The molecule has 0 bridgehead atoms. The predicted molar refractivity (Wildman–Crippen MR) is 108 cm³/mol. The molecule has 0 fully saturated rings. The van der Waals surface area contributed by atoms with Crippen LogP contribution in [0.1, 0.15) is 38.1 Å². The van der Waals surface area contributed by atoms with Crippen LogP contribution in [-0.4, -0.2) is 30.6 Å². The van der Waals surface area contributed by atoms with Crippen molar-refractivity contribution in [2.75, 3.05) is 5.32 Å². The van der Waals surface area contributed by atoms with Gasteiger partial charge in [0, 0.05) is 11.1 Å². The van der Waals surface area contributed by atoms with Gasteiger partial charge < -0.3 is 0 Å². The van der Waals surface area contributed by atoms with Crippen LogP contribution in [0.4, 0.5) is 5.13 Å². The molecule has 0 spiro atoms. The van der Waals surface area contributed by atoms with Gasteiger partial charge in [0.1, 0.15) is 0 Å². The second kappa shape index (κ2) is 8.83. The molecule has 11 heteroatoms. The lowest BCUT2D eigenvalue weighted by Crippen LogP contribution is -2.42. The lowest BCUT2D eigenvalue weighted by molar-refractivity contribution is 0.102. The van der Waals surface area contributed by atoms with Crippen molar-refractivity contribution >= 4 is 55.6 Å². The molecule has 2 aromatic rings. The fourth-order valence-electron chi connectivity index (χ4n) is 2.48. The van der Waals surface area contributed by atoms with Crippen molar-refractivity contribution in [1.29, 1.82) is 0 Å². The summed E-state index contributed by atoms with van der Waals surface area (Å²) in [4.78, 5) is 12.3. The van der Waals surface area contributed by atoms with Gasteiger partial charge in [0.2, 0.25) is 9.47 Å². The van der Waals surface area contributed by atoms with Gasteiger partial charge in [0.15, 0.2) is 0 Å². The number of rotatable bonds is 7. The molecule has 148 valence electrons. The standard InChI is InChI=1S/C16H20Cl2N4O3S2/c1-8(2)13(9(3)4)22-27(24,25)16-21-20-15(26-16)19-14(23)11-6-5-10(17)7-12(11)18/h5-9,13,22H,1-4H3,(H,19,20,23). The maximum atomic E-state index is 12.6. The molecule has 27 heavy (non-hydrogen) atoms. The van der Waals surface area contributed by atoms with E-state index in [9.17, 15) is 13.2 Å². The van der Waals surface area contributed by atoms with E-state index in [-0.39, 0.29) is 37.9 Å². The molecular weight excluding hydrogens is 431 g/mol. The topological polar surface area (TPSA) is 101 Å². The van der Waals surface area contributed by atoms with Gasteiger partial charge in [-0.1, -0.05) is 62.2 Å². The van der Waals surface area contributed by atoms with Crippen molar-refractivity contribution in [3.05, 3.63) is 33.8 Å². The van der Waals surface area contributed by atoms with Crippen LogP contribution >= 0.6 is 34.5 Å². The number of nitrogens with one attached hydrogen (secondary N) is 2. The second-order valence-electron chi connectivity index (χ2n) is 6.59. The molecule has 0 unspecified atom stereocenters. The highest BCUT2D eigenvalue weighted by molar-refractivity contribution is 7.91. The van der Waals surface area contributed by atoms with Gasteiger partial charge in [0.05, 0.1) is 10.6 Å². The Kier molecular flexibility index (Phi) is 7.20. The summed E-state index contributed by atoms with van der Waals surface area (Å²) < 4.78 is 27.6. The van der Waals surface area contributed by atoms with E-state index in [0.29, 0.717) is 5.02 Å². The average molecular weight is 451 g/mol. The minimum absolute atomic E-state index is 0.0528. The van der Waals surface area contributed by atoms with Crippen LogP contribution in [0.3, 0.4) is 0 Å². The summed E-state index contributed by atoms with van der Waals surface area (Å²) in [5, 5.41) is 10.6. The zero-order valence-corrected chi connectivity index (χ0v) is 18.3. The number of nitrogens with zero attached hydrogens (tertiary/aromatic N) is 2. The van der Waals surface area contributed by atoms with Gasteiger partial charge in [-0.2, -0.15) is 0 Å². The summed E-state index contributed by atoms with van der Waals surface area (Å²) in [6, 6.07) is 4.19. The van der Waals surface area contributed by atoms with Crippen LogP contribution < -0.4 is 10.0 Å². The molecule has 0 aliphatic rings. The minimum atomic E-state index is -3.84. The van der Waals surface area contributed by atoms with Gasteiger partial charge in [0.25, 0.3) is 15.9 Å². The zero-order chi connectivity index (χ0) is 20.4. The zero-order valence-electron chi connectivity index (χ0n) is 15.2. The Hall–Kier alpha value is -1.26. The monoisotopic (exact) mass is 450 g/mol. The van der Waals surface area contributed by atoms with Crippen molar-refractivity contribution in [1.82, 2.24) is 14.9 Å². The number of hydrogen-bond donors (Lipinski definition) is 2. The molecule has 7 nitrogen and oxygen atoms in total. The SMILES string of the molecule is CC(C)C(NS(=O)(=O)c1nnc(NC(=O)c2ccc(Cl)cc2Cl)s1)C(C)C. The van der Waals surface area contributed by atoms with Gasteiger partial charge in [-0.3, -0.25) is 10.1 Å². The molecule has 2 rings (SSSR count). The Morgan fingerprint density at radius 3 is 2.30 bits per heavy atom. The highest BCUT2D eigenvalue weighted by Gasteiger charge is 2.28. The summed E-state index contributed by atoms with van der Waals surface area (Å²) in [6.07, 6.45) is 0. The molecule has 1 heterocycles. The van der Waals surface area contributed by atoms with Crippen LogP contribution in [0, 0.1) is 11.8 Å². The minimum Gasteiger partial charge on any atom is -0.296 e. The number of aromatic nitrogens is 2. The van der Waals surface area contributed by atoms with E-state index in [1.54, 1.807) is 0 Å². The van der Waals surface area contributed by atoms with E-state index in [4.69, 9.17) is 23.2 Å².